The van der Waals surface area contributed by atoms with Crippen molar-refractivity contribution in [1.29, 1.82) is 0 Å². The molecular formula is C16H26N2. The predicted molar refractivity (Wildman–Crippen MR) is 79.2 cm³/mol. The molecule has 0 saturated carbocycles. The molecule has 1 fully saturated rings. The van der Waals surface area contributed by atoms with Crippen LogP contribution in [0.1, 0.15) is 38.2 Å². The van der Waals surface area contributed by atoms with Crippen LogP contribution in [0.4, 0.5) is 5.69 Å². The zero-order valence-corrected chi connectivity index (χ0v) is 11.8. The zero-order valence-electron chi connectivity index (χ0n) is 11.8. The molecule has 1 heterocycles. The van der Waals surface area contributed by atoms with E-state index in [1.165, 1.54) is 49.9 Å². The topological polar surface area (TPSA) is 15.3 Å². The summed E-state index contributed by atoms with van der Waals surface area (Å²) in [5, 5.41) is 3.56. The van der Waals surface area contributed by atoms with E-state index < -0.39 is 0 Å². The van der Waals surface area contributed by atoms with Crippen LogP contribution < -0.4 is 5.32 Å². The molecule has 1 aliphatic rings. The normalized spacial score (nSPS) is 20.2. The average molecular weight is 246 g/mol. The molecule has 0 spiro atoms. The van der Waals surface area contributed by atoms with E-state index in [2.05, 4.69) is 48.5 Å². The molecule has 2 rings (SSSR count). The highest BCUT2D eigenvalue weighted by Crippen LogP contribution is 2.16. The first-order valence-corrected chi connectivity index (χ1v) is 7.32. The van der Waals surface area contributed by atoms with Gasteiger partial charge in [0.25, 0.3) is 0 Å². The fourth-order valence-corrected chi connectivity index (χ4v) is 2.64. The summed E-state index contributed by atoms with van der Waals surface area (Å²) in [7, 11) is 2.23. The Labute approximate surface area is 111 Å². The van der Waals surface area contributed by atoms with Crippen LogP contribution in [0.25, 0.3) is 0 Å². The molecule has 0 amide bonds. The van der Waals surface area contributed by atoms with Crippen LogP contribution in [0.2, 0.25) is 0 Å². The number of likely N-dealkylation sites (tertiary alicyclic amines) is 1. The number of rotatable bonds is 6. The van der Waals surface area contributed by atoms with Gasteiger partial charge in [0.1, 0.15) is 0 Å². The summed E-state index contributed by atoms with van der Waals surface area (Å²) in [4.78, 5) is 2.46. The van der Waals surface area contributed by atoms with E-state index in [4.69, 9.17) is 0 Å². The summed E-state index contributed by atoms with van der Waals surface area (Å²) in [6.45, 7) is 4.57. The molecule has 0 bridgehead atoms. The highest BCUT2D eigenvalue weighted by atomic mass is 15.2. The van der Waals surface area contributed by atoms with Crippen LogP contribution in [0.5, 0.6) is 0 Å². The third-order valence-corrected chi connectivity index (χ3v) is 3.99. The standard InChI is InChI=1S/C16H26N2/c1-3-4-6-14-8-10-15(11-9-14)17-13-16-7-5-12-18(16)2/h8-11,16-17H,3-7,12-13H2,1-2H3. The largest absolute Gasteiger partial charge is 0.383 e. The number of hydrogen-bond donors (Lipinski definition) is 1. The van der Waals surface area contributed by atoms with Crippen LogP contribution >= 0.6 is 0 Å². The second-order valence-corrected chi connectivity index (χ2v) is 5.46. The van der Waals surface area contributed by atoms with Crippen molar-refractivity contribution in [3.63, 3.8) is 0 Å². The molecule has 0 aliphatic carbocycles. The van der Waals surface area contributed by atoms with Gasteiger partial charge in [0, 0.05) is 18.3 Å². The van der Waals surface area contributed by atoms with Crippen molar-refractivity contribution in [2.24, 2.45) is 0 Å². The van der Waals surface area contributed by atoms with Crippen LogP contribution in [-0.2, 0) is 6.42 Å². The molecule has 1 atom stereocenters. The van der Waals surface area contributed by atoms with E-state index in [1.807, 2.05) is 0 Å². The van der Waals surface area contributed by atoms with Gasteiger partial charge in [-0.3, -0.25) is 0 Å². The Morgan fingerprint density at radius 1 is 1.28 bits per heavy atom. The number of hydrogen-bond acceptors (Lipinski definition) is 2. The Kier molecular flexibility index (Phi) is 5.06. The van der Waals surface area contributed by atoms with Crippen LogP contribution in [0.15, 0.2) is 24.3 Å². The van der Waals surface area contributed by atoms with E-state index in [1.54, 1.807) is 0 Å². The molecular weight excluding hydrogens is 220 g/mol. The van der Waals surface area contributed by atoms with Crippen molar-refractivity contribution in [1.82, 2.24) is 4.90 Å². The predicted octanol–water partition coefficient (Wildman–Crippen LogP) is 3.54. The van der Waals surface area contributed by atoms with Gasteiger partial charge in [-0.25, -0.2) is 0 Å². The smallest absolute Gasteiger partial charge is 0.0340 e. The maximum atomic E-state index is 3.56. The third-order valence-electron chi connectivity index (χ3n) is 3.99. The molecule has 0 radical (unpaired) electrons. The quantitative estimate of drug-likeness (QED) is 0.826. The van der Waals surface area contributed by atoms with Crippen LogP contribution in [0, 0.1) is 0 Å². The van der Waals surface area contributed by atoms with Crippen LogP contribution in [-0.4, -0.2) is 31.1 Å². The van der Waals surface area contributed by atoms with Gasteiger partial charge >= 0.3 is 0 Å². The van der Waals surface area contributed by atoms with Gasteiger partial charge in [0.05, 0.1) is 0 Å². The number of likely N-dealkylation sites (N-methyl/N-ethyl adjacent to an activating group) is 1. The van der Waals surface area contributed by atoms with Gasteiger partial charge in [-0.2, -0.15) is 0 Å². The molecule has 1 aromatic carbocycles. The highest BCUT2D eigenvalue weighted by Gasteiger charge is 2.19. The molecule has 2 heteroatoms. The lowest BCUT2D eigenvalue weighted by atomic mass is 10.1. The van der Waals surface area contributed by atoms with E-state index in [9.17, 15) is 0 Å². The van der Waals surface area contributed by atoms with Crippen molar-refractivity contribution >= 4 is 5.69 Å². The summed E-state index contributed by atoms with van der Waals surface area (Å²) in [6.07, 6.45) is 6.45. The fourth-order valence-electron chi connectivity index (χ4n) is 2.64. The number of anilines is 1. The minimum atomic E-state index is 0.713. The van der Waals surface area contributed by atoms with E-state index >= 15 is 0 Å². The van der Waals surface area contributed by atoms with Crippen molar-refractivity contribution in [2.45, 2.75) is 45.1 Å². The molecule has 1 aromatic rings. The number of benzene rings is 1. The zero-order chi connectivity index (χ0) is 12.8. The first-order valence-electron chi connectivity index (χ1n) is 7.32. The van der Waals surface area contributed by atoms with Gasteiger partial charge in [-0.1, -0.05) is 25.5 Å². The molecule has 1 saturated heterocycles. The van der Waals surface area contributed by atoms with Crippen molar-refractivity contribution < 1.29 is 0 Å². The Balaban J connectivity index is 1.79. The number of nitrogens with zero attached hydrogens (tertiary/aromatic N) is 1. The molecule has 1 N–H and O–H groups in total. The van der Waals surface area contributed by atoms with E-state index in [0.717, 1.165) is 6.54 Å². The minimum Gasteiger partial charge on any atom is -0.383 e. The van der Waals surface area contributed by atoms with Gasteiger partial charge < -0.3 is 10.2 Å². The van der Waals surface area contributed by atoms with Crippen LogP contribution in [0.3, 0.4) is 0 Å². The summed E-state index contributed by atoms with van der Waals surface area (Å²) < 4.78 is 0. The molecule has 18 heavy (non-hydrogen) atoms. The lowest BCUT2D eigenvalue weighted by Crippen LogP contribution is -2.31. The van der Waals surface area contributed by atoms with Gasteiger partial charge in [0.2, 0.25) is 0 Å². The SMILES string of the molecule is CCCCc1ccc(NCC2CCCN2C)cc1. The second kappa shape index (κ2) is 6.79. The average Bonchev–Trinajstić information content (AvgIpc) is 2.81. The Bertz CT molecular complexity index is 345. The third kappa shape index (κ3) is 3.74. The van der Waals surface area contributed by atoms with E-state index in [0.29, 0.717) is 6.04 Å². The summed E-state index contributed by atoms with van der Waals surface area (Å²) in [6, 6.07) is 9.68. The maximum Gasteiger partial charge on any atom is 0.0340 e. The summed E-state index contributed by atoms with van der Waals surface area (Å²) in [5.41, 5.74) is 2.72. The van der Waals surface area contributed by atoms with Gasteiger partial charge in [-0.05, 0) is 57.0 Å². The first-order chi connectivity index (χ1) is 8.79. The monoisotopic (exact) mass is 246 g/mol. The minimum absolute atomic E-state index is 0.713. The van der Waals surface area contributed by atoms with Crippen molar-refractivity contribution in [3.8, 4) is 0 Å². The Hall–Kier alpha value is -1.02. The summed E-state index contributed by atoms with van der Waals surface area (Å²) in [5.74, 6) is 0. The fraction of sp³-hybridized carbons (Fsp3) is 0.625. The first kappa shape index (κ1) is 13.4. The lowest BCUT2D eigenvalue weighted by molar-refractivity contribution is 0.322. The molecule has 0 aromatic heterocycles. The Morgan fingerprint density at radius 3 is 2.67 bits per heavy atom. The Morgan fingerprint density at radius 2 is 2.06 bits per heavy atom. The molecule has 1 unspecified atom stereocenters. The number of unbranched alkanes of at least 4 members (excludes halogenated alkanes) is 1. The van der Waals surface area contributed by atoms with Gasteiger partial charge in [-0.15, -0.1) is 0 Å². The molecule has 2 nitrogen and oxygen atoms in total. The maximum absolute atomic E-state index is 3.56. The lowest BCUT2D eigenvalue weighted by Gasteiger charge is -2.20. The number of nitrogens with one attached hydrogen (secondary N) is 1. The molecule has 1 aliphatic heterocycles. The number of aryl methyl sites for hydroxylation is 1. The second-order valence-electron chi connectivity index (χ2n) is 5.46. The highest BCUT2D eigenvalue weighted by molar-refractivity contribution is 5.44. The summed E-state index contributed by atoms with van der Waals surface area (Å²) >= 11 is 0. The van der Waals surface area contributed by atoms with E-state index in [-0.39, 0.29) is 0 Å². The van der Waals surface area contributed by atoms with Crippen molar-refractivity contribution in [3.05, 3.63) is 29.8 Å². The molecule has 100 valence electrons. The van der Waals surface area contributed by atoms with Gasteiger partial charge in [0.15, 0.2) is 0 Å². The van der Waals surface area contributed by atoms with Crippen molar-refractivity contribution in [2.75, 3.05) is 25.5 Å².